The third-order valence-corrected chi connectivity index (χ3v) is 4.98. The average Bonchev–Trinajstić information content (AvgIpc) is 2.69. The second-order valence-electron chi connectivity index (χ2n) is 5.92. The first-order valence-corrected chi connectivity index (χ1v) is 6.78. The van der Waals surface area contributed by atoms with Gasteiger partial charge in [-0.1, -0.05) is 13.3 Å². The van der Waals surface area contributed by atoms with Gasteiger partial charge in [0.15, 0.2) is 0 Å². The molecule has 0 aromatic rings. The molecule has 0 radical (unpaired) electrons. The van der Waals surface area contributed by atoms with E-state index in [0.717, 1.165) is 36.5 Å². The van der Waals surface area contributed by atoms with E-state index in [9.17, 15) is 4.79 Å². The molecular weight excluding hydrogens is 200 g/mol. The minimum atomic E-state index is -0.288. The molecule has 3 N–H and O–H groups in total. The van der Waals surface area contributed by atoms with Gasteiger partial charge >= 0.3 is 0 Å². The van der Waals surface area contributed by atoms with Crippen LogP contribution in [0.4, 0.5) is 0 Å². The van der Waals surface area contributed by atoms with Crippen molar-refractivity contribution in [3.05, 3.63) is 0 Å². The number of carbonyl (C=O) groups excluding carboxylic acids is 1. The molecule has 4 unspecified atom stereocenters. The lowest BCUT2D eigenvalue weighted by molar-refractivity contribution is -0.122. The quantitative estimate of drug-likeness (QED) is 0.752. The van der Waals surface area contributed by atoms with E-state index in [4.69, 9.17) is 5.73 Å². The Bertz CT molecular complexity index is 288. The molecule has 3 fully saturated rings. The van der Waals surface area contributed by atoms with Crippen LogP contribution in [-0.4, -0.2) is 18.0 Å². The Kier molecular flexibility index (Phi) is 2.46. The summed E-state index contributed by atoms with van der Waals surface area (Å²) in [7, 11) is 0. The minimum absolute atomic E-state index is 0.0839. The molecule has 0 spiro atoms. The van der Waals surface area contributed by atoms with Crippen molar-refractivity contribution >= 4 is 5.91 Å². The minimum Gasteiger partial charge on any atom is -0.351 e. The second-order valence-corrected chi connectivity index (χ2v) is 5.92. The van der Waals surface area contributed by atoms with Gasteiger partial charge in [0, 0.05) is 6.04 Å². The van der Waals surface area contributed by atoms with Crippen molar-refractivity contribution in [2.45, 2.75) is 51.1 Å². The van der Waals surface area contributed by atoms with Crippen LogP contribution in [0.1, 0.15) is 39.0 Å². The fourth-order valence-corrected chi connectivity index (χ4v) is 4.23. The van der Waals surface area contributed by atoms with Gasteiger partial charge in [-0.05, 0) is 49.4 Å². The lowest BCUT2D eigenvalue weighted by atomic mass is 10.0. The van der Waals surface area contributed by atoms with Crippen molar-refractivity contribution in [2.75, 3.05) is 0 Å². The van der Waals surface area contributed by atoms with Gasteiger partial charge in [0.1, 0.15) is 0 Å². The standard InChI is InChI=1S/C13H22N2O/c1-2-3-9(14)13(16)15-12-10-7-4-5-8(6-7)11(10)12/h7-12H,2-6,14H2,1H3,(H,15,16)/t7?,8?,9-,10?,11?,12?/m1/s1. The van der Waals surface area contributed by atoms with Crippen LogP contribution in [0.25, 0.3) is 0 Å². The summed E-state index contributed by atoms with van der Waals surface area (Å²) >= 11 is 0. The smallest absolute Gasteiger partial charge is 0.237 e. The van der Waals surface area contributed by atoms with E-state index in [2.05, 4.69) is 12.2 Å². The molecule has 5 atom stereocenters. The summed E-state index contributed by atoms with van der Waals surface area (Å²) in [6.07, 6.45) is 6.03. The van der Waals surface area contributed by atoms with Crippen LogP contribution < -0.4 is 11.1 Å². The summed E-state index contributed by atoms with van der Waals surface area (Å²) in [6, 6.07) is 0.200. The van der Waals surface area contributed by atoms with Crippen LogP contribution in [0.5, 0.6) is 0 Å². The van der Waals surface area contributed by atoms with E-state index in [1.54, 1.807) is 0 Å². The monoisotopic (exact) mass is 222 g/mol. The average molecular weight is 222 g/mol. The second kappa shape index (κ2) is 3.73. The fourth-order valence-electron chi connectivity index (χ4n) is 4.23. The van der Waals surface area contributed by atoms with E-state index in [1.807, 2.05) is 0 Å². The number of hydrogen-bond acceptors (Lipinski definition) is 2. The molecule has 3 aliphatic carbocycles. The summed E-state index contributed by atoms with van der Waals surface area (Å²) in [5.74, 6) is 3.55. The summed E-state index contributed by atoms with van der Waals surface area (Å²) < 4.78 is 0. The zero-order chi connectivity index (χ0) is 11.3. The van der Waals surface area contributed by atoms with Crippen LogP contribution in [0.2, 0.25) is 0 Å². The zero-order valence-electron chi connectivity index (χ0n) is 9.99. The molecule has 0 saturated heterocycles. The third kappa shape index (κ3) is 1.48. The number of hydrogen-bond donors (Lipinski definition) is 2. The molecule has 0 aromatic heterocycles. The lowest BCUT2D eigenvalue weighted by Crippen LogP contribution is -2.42. The van der Waals surface area contributed by atoms with Crippen molar-refractivity contribution in [1.82, 2.24) is 5.32 Å². The molecular formula is C13H22N2O. The van der Waals surface area contributed by atoms with Crippen LogP contribution >= 0.6 is 0 Å². The summed E-state index contributed by atoms with van der Waals surface area (Å²) in [4.78, 5) is 11.8. The van der Waals surface area contributed by atoms with E-state index < -0.39 is 0 Å². The van der Waals surface area contributed by atoms with Crippen molar-refractivity contribution in [3.63, 3.8) is 0 Å². The van der Waals surface area contributed by atoms with Crippen molar-refractivity contribution in [2.24, 2.45) is 29.4 Å². The largest absolute Gasteiger partial charge is 0.351 e. The number of nitrogens with one attached hydrogen (secondary N) is 1. The van der Waals surface area contributed by atoms with Gasteiger partial charge in [-0.15, -0.1) is 0 Å². The Morgan fingerprint density at radius 1 is 1.38 bits per heavy atom. The van der Waals surface area contributed by atoms with E-state index in [-0.39, 0.29) is 11.9 Å². The number of carbonyl (C=O) groups is 1. The number of nitrogens with two attached hydrogens (primary N) is 1. The highest BCUT2D eigenvalue weighted by Gasteiger charge is 2.65. The Hall–Kier alpha value is -0.570. The molecule has 3 rings (SSSR count). The first-order valence-electron chi connectivity index (χ1n) is 6.78. The van der Waals surface area contributed by atoms with Crippen molar-refractivity contribution in [3.8, 4) is 0 Å². The SMILES string of the molecule is CCC[C@@H](N)C(=O)NC1C2C3CCC(C3)C12. The molecule has 16 heavy (non-hydrogen) atoms. The topological polar surface area (TPSA) is 55.1 Å². The predicted molar refractivity (Wildman–Crippen MR) is 62.6 cm³/mol. The summed E-state index contributed by atoms with van der Waals surface area (Å²) in [5, 5.41) is 3.18. The number of rotatable bonds is 4. The van der Waals surface area contributed by atoms with E-state index in [1.165, 1.54) is 19.3 Å². The maximum Gasteiger partial charge on any atom is 0.237 e. The molecule has 3 nitrogen and oxygen atoms in total. The van der Waals surface area contributed by atoms with E-state index >= 15 is 0 Å². The normalized spacial score (nSPS) is 45.2. The highest BCUT2D eigenvalue weighted by atomic mass is 16.2. The fraction of sp³-hybridized carbons (Fsp3) is 0.923. The van der Waals surface area contributed by atoms with Crippen molar-refractivity contribution in [1.29, 1.82) is 0 Å². The van der Waals surface area contributed by atoms with Crippen LogP contribution in [-0.2, 0) is 4.79 Å². The summed E-state index contributed by atoms with van der Waals surface area (Å²) in [6.45, 7) is 2.07. The number of amides is 1. The van der Waals surface area contributed by atoms with Gasteiger partial charge in [-0.2, -0.15) is 0 Å². The molecule has 90 valence electrons. The highest BCUT2D eigenvalue weighted by molar-refractivity contribution is 5.82. The maximum atomic E-state index is 11.8. The van der Waals surface area contributed by atoms with Gasteiger partial charge in [0.05, 0.1) is 6.04 Å². The molecule has 0 heterocycles. The van der Waals surface area contributed by atoms with Crippen LogP contribution in [0.15, 0.2) is 0 Å². The van der Waals surface area contributed by atoms with Gasteiger partial charge in [0.2, 0.25) is 5.91 Å². The predicted octanol–water partition coefficient (Wildman–Crippen LogP) is 1.27. The molecule has 0 aliphatic heterocycles. The van der Waals surface area contributed by atoms with Crippen molar-refractivity contribution < 1.29 is 4.79 Å². The van der Waals surface area contributed by atoms with Gasteiger partial charge < -0.3 is 11.1 Å². The molecule has 3 aliphatic rings. The molecule has 0 aromatic carbocycles. The molecule has 3 saturated carbocycles. The Morgan fingerprint density at radius 3 is 2.56 bits per heavy atom. The Balaban J connectivity index is 1.53. The number of fused-ring (bicyclic) bond motifs is 5. The van der Waals surface area contributed by atoms with Gasteiger partial charge in [0.25, 0.3) is 0 Å². The zero-order valence-corrected chi connectivity index (χ0v) is 9.99. The van der Waals surface area contributed by atoms with Crippen LogP contribution in [0.3, 0.4) is 0 Å². The lowest BCUT2D eigenvalue weighted by Gasteiger charge is -2.14. The summed E-state index contributed by atoms with van der Waals surface area (Å²) in [5.41, 5.74) is 5.83. The van der Waals surface area contributed by atoms with Crippen LogP contribution in [0, 0.1) is 23.7 Å². The highest BCUT2D eigenvalue weighted by Crippen LogP contribution is 2.65. The molecule has 3 heteroatoms. The molecule has 1 amide bonds. The Morgan fingerprint density at radius 2 is 2.00 bits per heavy atom. The first-order chi connectivity index (χ1) is 7.72. The first kappa shape index (κ1) is 10.6. The Labute approximate surface area is 97.2 Å². The third-order valence-electron chi connectivity index (χ3n) is 4.98. The maximum absolute atomic E-state index is 11.8. The molecule has 2 bridgehead atoms. The van der Waals surface area contributed by atoms with Gasteiger partial charge in [-0.25, -0.2) is 0 Å². The van der Waals surface area contributed by atoms with Gasteiger partial charge in [-0.3, -0.25) is 4.79 Å². The van der Waals surface area contributed by atoms with E-state index in [0.29, 0.717) is 6.04 Å².